The Hall–Kier alpha value is -2.14. The highest BCUT2D eigenvalue weighted by Gasteiger charge is 2.18. The van der Waals surface area contributed by atoms with E-state index in [2.05, 4.69) is 40.4 Å². The fourth-order valence-corrected chi connectivity index (χ4v) is 2.67. The van der Waals surface area contributed by atoms with E-state index < -0.39 is 11.8 Å². The molecule has 0 saturated heterocycles. The van der Waals surface area contributed by atoms with E-state index in [1.54, 1.807) is 6.07 Å². The van der Waals surface area contributed by atoms with E-state index in [1.807, 2.05) is 44.2 Å². The summed E-state index contributed by atoms with van der Waals surface area (Å²) < 4.78 is 0.950. The van der Waals surface area contributed by atoms with Crippen molar-refractivity contribution in [3.63, 3.8) is 0 Å². The van der Waals surface area contributed by atoms with Crippen molar-refractivity contribution in [2.45, 2.75) is 33.6 Å². The van der Waals surface area contributed by atoms with Crippen LogP contribution in [0.1, 0.15) is 36.5 Å². The Morgan fingerprint density at radius 2 is 1.62 bits per heavy atom. The monoisotopic (exact) mass is 388 g/mol. The molecule has 2 aromatic carbocycles. The zero-order valence-corrected chi connectivity index (χ0v) is 15.8. The number of hydrogen-bond donors (Lipinski definition) is 2. The third kappa shape index (κ3) is 4.23. The molecule has 0 radical (unpaired) electrons. The Morgan fingerprint density at radius 1 is 0.958 bits per heavy atom. The third-order valence-corrected chi connectivity index (χ3v) is 4.68. The Balaban J connectivity index is 2.15. The Labute approximate surface area is 150 Å². The number of para-hydroxylation sites is 1. The summed E-state index contributed by atoms with van der Waals surface area (Å²) in [6.45, 7) is 7.93. The highest BCUT2D eigenvalue weighted by molar-refractivity contribution is 9.10. The summed E-state index contributed by atoms with van der Waals surface area (Å²) >= 11 is 3.41. The van der Waals surface area contributed by atoms with Crippen LogP contribution in [0.4, 0.5) is 11.4 Å². The summed E-state index contributed by atoms with van der Waals surface area (Å²) in [7, 11) is 0. The molecule has 0 aliphatic carbocycles. The SMILES string of the molecule is Cc1cc(NC(=O)C(=O)Nc2c(C)cccc2C(C)C)ccc1Br. The van der Waals surface area contributed by atoms with Gasteiger partial charge in [-0.15, -0.1) is 0 Å². The predicted molar refractivity (Wildman–Crippen MR) is 101 cm³/mol. The second-order valence-corrected chi connectivity index (χ2v) is 6.92. The van der Waals surface area contributed by atoms with Crippen molar-refractivity contribution >= 4 is 39.1 Å². The number of aryl methyl sites for hydroxylation is 2. The molecular weight excluding hydrogens is 368 g/mol. The molecule has 5 heteroatoms. The summed E-state index contributed by atoms with van der Waals surface area (Å²) in [6.07, 6.45) is 0. The standard InChI is InChI=1S/C19H21BrN2O2/c1-11(2)15-7-5-6-12(3)17(15)22-19(24)18(23)21-14-8-9-16(20)13(4)10-14/h5-11H,1-4H3,(H,21,23)(H,22,24). The number of halogens is 1. The first-order valence-corrected chi connectivity index (χ1v) is 8.57. The van der Waals surface area contributed by atoms with Crippen LogP contribution >= 0.6 is 15.9 Å². The number of carbonyl (C=O) groups is 2. The van der Waals surface area contributed by atoms with Gasteiger partial charge in [-0.2, -0.15) is 0 Å². The van der Waals surface area contributed by atoms with Crippen LogP contribution in [-0.2, 0) is 9.59 Å². The molecule has 0 unspecified atom stereocenters. The summed E-state index contributed by atoms with van der Waals surface area (Å²) in [6, 6.07) is 11.2. The summed E-state index contributed by atoms with van der Waals surface area (Å²) in [5, 5.41) is 5.37. The maximum absolute atomic E-state index is 12.3. The van der Waals surface area contributed by atoms with Crippen LogP contribution in [0.25, 0.3) is 0 Å². The normalized spacial score (nSPS) is 10.6. The highest BCUT2D eigenvalue weighted by atomic mass is 79.9. The van der Waals surface area contributed by atoms with Crippen molar-refractivity contribution in [2.75, 3.05) is 10.6 Å². The number of rotatable bonds is 3. The second kappa shape index (κ2) is 7.62. The van der Waals surface area contributed by atoms with E-state index in [4.69, 9.17) is 0 Å². The van der Waals surface area contributed by atoms with Gasteiger partial charge in [-0.25, -0.2) is 0 Å². The minimum absolute atomic E-state index is 0.248. The molecule has 0 aromatic heterocycles. The van der Waals surface area contributed by atoms with Crippen molar-refractivity contribution in [3.8, 4) is 0 Å². The van der Waals surface area contributed by atoms with Gasteiger partial charge in [0.25, 0.3) is 0 Å². The van der Waals surface area contributed by atoms with Crippen LogP contribution < -0.4 is 10.6 Å². The first-order valence-electron chi connectivity index (χ1n) is 7.77. The van der Waals surface area contributed by atoms with Gasteiger partial charge in [0.2, 0.25) is 0 Å². The lowest BCUT2D eigenvalue weighted by molar-refractivity contribution is -0.133. The Morgan fingerprint density at radius 3 is 2.25 bits per heavy atom. The van der Waals surface area contributed by atoms with Gasteiger partial charge in [-0.3, -0.25) is 9.59 Å². The fraction of sp³-hybridized carbons (Fsp3) is 0.263. The summed E-state index contributed by atoms with van der Waals surface area (Å²) in [4.78, 5) is 24.4. The van der Waals surface area contributed by atoms with Gasteiger partial charge in [0, 0.05) is 15.8 Å². The number of hydrogen-bond acceptors (Lipinski definition) is 2. The summed E-state index contributed by atoms with van der Waals surface area (Å²) in [5.41, 5.74) is 4.22. The van der Waals surface area contributed by atoms with E-state index in [0.29, 0.717) is 11.4 Å². The van der Waals surface area contributed by atoms with Gasteiger partial charge in [-0.05, 0) is 54.7 Å². The predicted octanol–water partition coefficient (Wildman–Crippen LogP) is 4.77. The molecule has 0 fully saturated rings. The van der Waals surface area contributed by atoms with Gasteiger partial charge in [0.1, 0.15) is 0 Å². The molecule has 126 valence electrons. The van der Waals surface area contributed by atoms with Crippen molar-refractivity contribution in [1.82, 2.24) is 0 Å². The quantitative estimate of drug-likeness (QED) is 0.744. The highest BCUT2D eigenvalue weighted by Crippen LogP contribution is 2.27. The van der Waals surface area contributed by atoms with Crippen LogP contribution in [0.15, 0.2) is 40.9 Å². The van der Waals surface area contributed by atoms with Crippen molar-refractivity contribution in [3.05, 3.63) is 57.6 Å². The van der Waals surface area contributed by atoms with Crippen LogP contribution in [0.3, 0.4) is 0 Å². The lowest BCUT2D eigenvalue weighted by atomic mass is 9.98. The molecule has 0 bridgehead atoms. The van der Waals surface area contributed by atoms with Gasteiger partial charge in [0.15, 0.2) is 0 Å². The number of benzene rings is 2. The fourth-order valence-electron chi connectivity index (χ4n) is 2.42. The molecule has 2 rings (SSSR count). The van der Waals surface area contributed by atoms with E-state index in [1.165, 1.54) is 0 Å². The van der Waals surface area contributed by atoms with E-state index in [9.17, 15) is 9.59 Å². The van der Waals surface area contributed by atoms with Crippen LogP contribution in [0.2, 0.25) is 0 Å². The third-order valence-electron chi connectivity index (χ3n) is 3.79. The molecule has 24 heavy (non-hydrogen) atoms. The van der Waals surface area contributed by atoms with Gasteiger partial charge >= 0.3 is 11.8 Å². The zero-order chi connectivity index (χ0) is 17.9. The first kappa shape index (κ1) is 18.2. The number of carbonyl (C=O) groups excluding carboxylic acids is 2. The topological polar surface area (TPSA) is 58.2 Å². The average Bonchev–Trinajstić information content (AvgIpc) is 2.52. The molecule has 0 heterocycles. The molecule has 2 amide bonds. The van der Waals surface area contributed by atoms with Gasteiger partial charge in [0.05, 0.1) is 0 Å². The van der Waals surface area contributed by atoms with Crippen LogP contribution in [-0.4, -0.2) is 11.8 Å². The number of anilines is 2. The lowest BCUT2D eigenvalue weighted by Crippen LogP contribution is -2.29. The maximum atomic E-state index is 12.3. The minimum Gasteiger partial charge on any atom is -0.318 e. The van der Waals surface area contributed by atoms with Crippen molar-refractivity contribution in [1.29, 1.82) is 0 Å². The zero-order valence-electron chi connectivity index (χ0n) is 14.2. The lowest BCUT2D eigenvalue weighted by Gasteiger charge is -2.16. The van der Waals surface area contributed by atoms with Crippen LogP contribution in [0.5, 0.6) is 0 Å². The molecular formula is C19H21BrN2O2. The molecule has 0 saturated carbocycles. The number of amides is 2. The first-order chi connectivity index (χ1) is 11.3. The minimum atomic E-state index is -0.685. The molecule has 2 aromatic rings. The molecule has 0 atom stereocenters. The van der Waals surface area contributed by atoms with Crippen molar-refractivity contribution < 1.29 is 9.59 Å². The smallest absolute Gasteiger partial charge is 0.314 e. The van der Waals surface area contributed by atoms with Gasteiger partial charge < -0.3 is 10.6 Å². The molecule has 2 N–H and O–H groups in total. The van der Waals surface area contributed by atoms with Crippen LogP contribution in [0, 0.1) is 13.8 Å². The maximum Gasteiger partial charge on any atom is 0.314 e. The summed E-state index contributed by atoms with van der Waals surface area (Å²) in [5.74, 6) is -1.11. The van der Waals surface area contributed by atoms with Gasteiger partial charge in [-0.1, -0.05) is 48.0 Å². The molecule has 4 nitrogen and oxygen atoms in total. The molecule has 0 aliphatic rings. The molecule has 0 spiro atoms. The molecule has 0 aliphatic heterocycles. The van der Waals surface area contributed by atoms with E-state index in [-0.39, 0.29) is 5.92 Å². The van der Waals surface area contributed by atoms with E-state index in [0.717, 1.165) is 21.2 Å². The average molecular weight is 389 g/mol. The Bertz CT molecular complexity index is 785. The number of nitrogens with one attached hydrogen (secondary N) is 2. The largest absolute Gasteiger partial charge is 0.318 e. The second-order valence-electron chi connectivity index (χ2n) is 6.07. The Kier molecular flexibility index (Phi) is 5.78. The van der Waals surface area contributed by atoms with E-state index >= 15 is 0 Å². The van der Waals surface area contributed by atoms with Crippen molar-refractivity contribution in [2.24, 2.45) is 0 Å².